The first-order chi connectivity index (χ1) is 28.7. The Hall–Kier alpha value is -4.60. The van der Waals surface area contributed by atoms with Crippen LogP contribution in [0.5, 0.6) is 23.0 Å². The first-order valence-corrected chi connectivity index (χ1v) is 21.8. The van der Waals surface area contributed by atoms with E-state index in [-0.39, 0.29) is 47.9 Å². The lowest BCUT2D eigenvalue weighted by molar-refractivity contribution is -0.186. The van der Waals surface area contributed by atoms with E-state index in [1.54, 1.807) is 13.0 Å². The fraction of sp³-hybridized carbons (Fsp3) is 0.500. The van der Waals surface area contributed by atoms with Crippen molar-refractivity contribution in [3.8, 4) is 23.0 Å². The molecule has 3 heterocycles. The molecule has 2 atom stereocenters. The Bertz CT molecular complexity index is 2050. The van der Waals surface area contributed by atoms with Crippen LogP contribution in [0.3, 0.4) is 0 Å². The Morgan fingerprint density at radius 3 is 1.86 bits per heavy atom. The quantitative estimate of drug-likeness (QED) is 0.163. The predicted octanol–water partition coefficient (Wildman–Crippen LogP) is 11.1. The molecule has 9 rings (SSSR count). The molecular formula is C50H59FO8. The normalized spacial score (nSPS) is 23.4. The summed E-state index contributed by atoms with van der Waals surface area (Å²) in [7, 11) is 0. The molecule has 1 saturated heterocycles. The average Bonchev–Trinajstić information content (AvgIpc) is 3.71. The van der Waals surface area contributed by atoms with Gasteiger partial charge in [-0.05, 0) is 173 Å². The van der Waals surface area contributed by atoms with Crippen LogP contribution in [0.2, 0.25) is 0 Å². The van der Waals surface area contributed by atoms with E-state index in [1.807, 2.05) is 25.1 Å². The Labute approximate surface area is 348 Å². The van der Waals surface area contributed by atoms with E-state index in [2.05, 4.69) is 56.3 Å². The highest BCUT2D eigenvalue weighted by Crippen LogP contribution is 2.42. The zero-order chi connectivity index (χ0) is 40.9. The minimum absolute atomic E-state index is 0.00458. The summed E-state index contributed by atoms with van der Waals surface area (Å²) < 4.78 is 55.8. The van der Waals surface area contributed by atoms with Gasteiger partial charge in [0.25, 0.3) is 0 Å². The molecule has 4 aromatic rings. The van der Waals surface area contributed by atoms with Gasteiger partial charge in [-0.1, -0.05) is 30.3 Å². The molecule has 0 aromatic heterocycles. The van der Waals surface area contributed by atoms with Crippen molar-refractivity contribution in [1.82, 2.24) is 0 Å². The van der Waals surface area contributed by atoms with E-state index in [0.29, 0.717) is 12.2 Å². The van der Waals surface area contributed by atoms with Crippen molar-refractivity contribution >= 4 is 5.97 Å². The number of carbonyl (C=O) groups is 1. The fourth-order valence-electron chi connectivity index (χ4n) is 9.60. The van der Waals surface area contributed by atoms with E-state index in [9.17, 15) is 9.18 Å². The summed E-state index contributed by atoms with van der Waals surface area (Å²) in [6.45, 7) is 9.87. The summed E-state index contributed by atoms with van der Waals surface area (Å²) in [6, 6.07) is 23.9. The molecule has 0 bridgehead atoms. The van der Waals surface area contributed by atoms with Gasteiger partial charge in [-0.25, -0.2) is 4.39 Å². The number of hydrogen-bond donors (Lipinski definition) is 0. The van der Waals surface area contributed by atoms with Gasteiger partial charge in [-0.15, -0.1) is 0 Å². The third kappa shape index (κ3) is 9.57. The largest absolute Gasteiger partial charge is 0.490 e. The van der Waals surface area contributed by atoms with Crippen LogP contribution in [0.25, 0.3) is 0 Å². The number of rotatable bonds is 8. The van der Waals surface area contributed by atoms with Crippen molar-refractivity contribution in [2.24, 2.45) is 5.92 Å². The Morgan fingerprint density at radius 1 is 0.695 bits per heavy atom. The highest BCUT2D eigenvalue weighted by Gasteiger charge is 2.41. The van der Waals surface area contributed by atoms with Gasteiger partial charge in [0.1, 0.15) is 41.0 Å². The zero-order valence-corrected chi connectivity index (χ0v) is 35.1. The molecular weight excluding hydrogens is 748 g/mol. The van der Waals surface area contributed by atoms with Crippen LogP contribution in [0.15, 0.2) is 72.8 Å². The minimum atomic E-state index is -0.327. The average molecular weight is 807 g/mol. The summed E-state index contributed by atoms with van der Waals surface area (Å²) in [4.78, 5) is 11.9. The molecule has 5 aliphatic rings. The number of carbonyl (C=O) groups excluding carboxylic acids is 1. The van der Waals surface area contributed by atoms with Gasteiger partial charge in [-0.2, -0.15) is 0 Å². The molecule has 3 fully saturated rings. The third-order valence-electron chi connectivity index (χ3n) is 12.9. The molecule has 9 heteroatoms. The van der Waals surface area contributed by atoms with E-state index in [0.717, 1.165) is 124 Å². The SMILES string of the molecule is CCOC(=O)C1CCC(Oc2ccc3c(c2)CCC(c2cccc(F)c2C)O3)CC1.Cc1cccc(C)c1C1CCc2cc(OC3CCC4(CC3)OCCO4)ccc2O1. The Morgan fingerprint density at radius 2 is 1.25 bits per heavy atom. The maximum absolute atomic E-state index is 13.9. The van der Waals surface area contributed by atoms with Crippen LogP contribution in [-0.4, -0.2) is 43.8 Å². The first kappa shape index (κ1) is 41.1. The van der Waals surface area contributed by atoms with Gasteiger partial charge in [-0.3, -0.25) is 4.79 Å². The van der Waals surface area contributed by atoms with Crippen molar-refractivity contribution < 1.29 is 42.3 Å². The lowest BCUT2D eigenvalue weighted by Gasteiger charge is -2.35. The van der Waals surface area contributed by atoms with Crippen LogP contribution < -0.4 is 18.9 Å². The van der Waals surface area contributed by atoms with Crippen molar-refractivity contribution in [1.29, 1.82) is 0 Å². The van der Waals surface area contributed by atoms with Gasteiger partial charge < -0.3 is 33.2 Å². The molecule has 314 valence electrons. The molecule has 1 spiro atoms. The van der Waals surface area contributed by atoms with Crippen molar-refractivity contribution in [3.63, 3.8) is 0 Å². The van der Waals surface area contributed by atoms with Gasteiger partial charge in [0.05, 0.1) is 37.9 Å². The number of esters is 1. The highest BCUT2D eigenvalue weighted by atomic mass is 19.1. The molecule has 2 saturated carbocycles. The van der Waals surface area contributed by atoms with Crippen molar-refractivity contribution in [3.05, 3.63) is 118 Å². The molecule has 59 heavy (non-hydrogen) atoms. The topological polar surface area (TPSA) is 81.7 Å². The zero-order valence-electron chi connectivity index (χ0n) is 35.1. The van der Waals surface area contributed by atoms with Crippen molar-refractivity contribution in [2.75, 3.05) is 19.8 Å². The first-order valence-electron chi connectivity index (χ1n) is 21.8. The standard InChI is InChI=1S/C25H29FO4.C25H30O4/c1-3-28-25(27)17-7-10-19(11-8-17)29-20-12-14-23-18(15-20)9-13-24(30-23)21-5-4-6-22(26)16(21)2;1-17-4-3-5-18(2)24(17)23-8-6-19-16-21(7-9-22(19)29-23)28-20-10-12-25(13-11-20)26-14-15-27-25/h4-6,12,14-15,17,19,24H,3,7-11,13H2,1-2H3;3-5,7,9,16,20,23H,6,8,10-15H2,1-2H3. The second kappa shape index (κ2) is 18.3. The maximum atomic E-state index is 13.9. The molecule has 2 unspecified atom stereocenters. The van der Waals surface area contributed by atoms with Gasteiger partial charge >= 0.3 is 5.97 Å². The second-order valence-corrected chi connectivity index (χ2v) is 16.9. The monoisotopic (exact) mass is 806 g/mol. The van der Waals surface area contributed by atoms with E-state index < -0.39 is 0 Å². The molecule has 0 N–H and O–H groups in total. The minimum Gasteiger partial charge on any atom is -0.490 e. The van der Waals surface area contributed by atoms with Crippen LogP contribution >= 0.6 is 0 Å². The van der Waals surface area contributed by atoms with Crippen LogP contribution in [0.1, 0.15) is 122 Å². The number of aryl methyl sites for hydroxylation is 4. The van der Waals surface area contributed by atoms with E-state index in [4.69, 9.17) is 33.2 Å². The summed E-state index contributed by atoms with van der Waals surface area (Å²) >= 11 is 0. The smallest absolute Gasteiger partial charge is 0.308 e. The summed E-state index contributed by atoms with van der Waals surface area (Å²) in [5, 5.41) is 0. The molecule has 0 amide bonds. The Kier molecular flexibility index (Phi) is 12.8. The number of halogens is 1. The molecule has 4 aromatic carbocycles. The van der Waals surface area contributed by atoms with Gasteiger partial charge in [0.15, 0.2) is 5.79 Å². The summed E-state index contributed by atoms with van der Waals surface area (Å²) in [6.07, 6.45) is 11.2. The third-order valence-corrected chi connectivity index (χ3v) is 12.9. The molecule has 2 aliphatic carbocycles. The lowest BCUT2D eigenvalue weighted by atomic mass is 9.87. The molecule has 0 radical (unpaired) electrons. The fourth-order valence-corrected chi connectivity index (χ4v) is 9.60. The second-order valence-electron chi connectivity index (χ2n) is 16.9. The van der Waals surface area contributed by atoms with Crippen LogP contribution in [0, 0.1) is 32.5 Å². The maximum Gasteiger partial charge on any atom is 0.308 e. The number of hydrogen-bond acceptors (Lipinski definition) is 8. The summed E-state index contributed by atoms with van der Waals surface area (Å²) in [5.41, 5.74) is 7.90. The summed E-state index contributed by atoms with van der Waals surface area (Å²) in [5.74, 6) is 3.04. The predicted molar refractivity (Wildman–Crippen MR) is 224 cm³/mol. The number of ether oxygens (including phenoxy) is 7. The van der Waals surface area contributed by atoms with E-state index >= 15 is 0 Å². The highest BCUT2D eigenvalue weighted by molar-refractivity contribution is 5.72. The lowest BCUT2D eigenvalue weighted by Crippen LogP contribution is -2.38. The number of fused-ring (bicyclic) bond motifs is 2. The number of benzene rings is 4. The van der Waals surface area contributed by atoms with E-state index in [1.165, 1.54) is 28.3 Å². The Balaban J connectivity index is 0.000000164. The molecule has 3 aliphatic heterocycles. The van der Waals surface area contributed by atoms with Crippen molar-refractivity contribution in [2.45, 2.75) is 135 Å². The van der Waals surface area contributed by atoms with Crippen LogP contribution in [-0.2, 0) is 31.8 Å². The van der Waals surface area contributed by atoms with Gasteiger partial charge in [0.2, 0.25) is 0 Å². The molecule has 8 nitrogen and oxygen atoms in total. The van der Waals surface area contributed by atoms with Gasteiger partial charge in [0, 0.05) is 12.8 Å². The van der Waals surface area contributed by atoms with Crippen LogP contribution in [0.4, 0.5) is 4.39 Å².